The van der Waals surface area contributed by atoms with Gasteiger partial charge in [0.05, 0.1) is 10.6 Å². The van der Waals surface area contributed by atoms with Gasteiger partial charge in [0.2, 0.25) is 0 Å². The van der Waals surface area contributed by atoms with Crippen LogP contribution in [0.25, 0.3) is 0 Å². The Hall–Kier alpha value is -1.29. The summed E-state index contributed by atoms with van der Waals surface area (Å²) >= 11 is 6.09. The molecule has 0 aliphatic heterocycles. The second-order valence-corrected chi connectivity index (χ2v) is 6.48. The largest absolute Gasteiger partial charge is 0.372 e. The zero-order chi connectivity index (χ0) is 15.4. The Labute approximate surface area is 131 Å². The zero-order valence-corrected chi connectivity index (χ0v) is 13.7. The predicted octanol–water partition coefficient (Wildman–Crippen LogP) is 3.72. The number of amides is 1. The molecule has 1 aromatic heterocycles. The highest BCUT2D eigenvalue weighted by Crippen LogP contribution is 2.30. The Morgan fingerprint density at radius 3 is 2.71 bits per heavy atom. The summed E-state index contributed by atoms with van der Waals surface area (Å²) in [7, 11) is 1.75. The fourth-order valence-corrected chi connectivity index (χ4v) is 3.40. The van der Waals surface area contributed by atoms with Crippen LogP contribution in [0.4, 0.5) is 5.82 Å². The number of anilines is 1. The van der Waals surface area contributed by atoms with Gasteiger partial charge in [0.1, 0.15) is 5.82 Å². The number of pyridine rings is 1. The van der Waals surface area contributed by atoms with Crippen molar-refractivity contribution in [3.63, 3.8) is 0 Å². The van der Waals surface area contributed by atoms with Gasteiger partial charge in [-0.25, -0.2) is 4.98 Å². The second-order valence-electron chi connectivity index (χ2n) is 6.08. The third kappa shape index (κ3) is 3.88. The Balaban J connectivity index is 2.07. The van der Waals surface area contributed by atoms with Crippen LogP contribution in [0.2, 0.25) is 5.02 Å². The maximum Gasteiger partial charge on any atom is 0.253 e. The lowest BCUT2D eigenvalue weighted by Crippen LogP contribution is -2.44. The molecule has 0 saturated heterocycles. The van der Waals surface area contributed by atoms with Crippen molar-refractivity contribution in [3.05, 3.63) is 22.8 Å². The van der Waals surface area contributed by atoms with Crippen LogP contribution in [0, 0.1) is 11.8 Å². The SMILES string of the molecule is CNc1ncc(C(=O)NC2CCCCC2C(C)C)cc1Cl. The van der Waals surface area contributed by atoms with Crippen molar-refractivity contribution in [1.82, 2.24) is 10.3 Å². The molecule has 2 unspecified atom stereocenters. The molecule has 5 heteroatoms. The molecule has 1 aliphatic carbocycles. The van der Waals surface area contributed by atoms with Gasteiger partial charge in [-0.1, -0.05) is 38.3 Å². The van der Waals surface area contributed by atoms with Gasteiger partial charge >= 0.3 is 0 Å². The minimum absolute atomic E-state index is 0.0791. The lowest BCUT2D eigenvalue weighted by molar-refractivity contribution is 0.0889. The highest BCUT2D eigenvalue weighted by atomic mass is 35.5. The predicted molar refractivity (Wildman–Crippen MR) is 86.8 cm³/mol. The molecular weight excluding hydrogens is 286 g/mol. The average molecular weight is 310 g/mol. The van der Waals surface area contributed by atoms with E-state index in [2.05, 4.69) is 29.5 Å². The topological polar surface area (TPSA) is 54.0 Å². The Morgan fingerprint density at radius 1 is 1.38 bits per heavy atom. The van der Waals surface area contributed by atoms with Crippen LogP contribution in [-0.4, -0.2) is 24.0 Å². The van der Waals surface area contributed by atoms with E-state index in [1.165, 1.54) is 19.3 Å². The van der Waals surface area contributed by atoms with E-state index >= 15 is 0 Å². The van der Waals surface area contributed by atoms with Gasteiger partial charge in [0.25, 0.3) is 5.91 Å². The molecule has 0 bridgehead atoms. The summed E-state index contributed by atoms with van der Waals surface area (Å²) in [4.78, 5) is 16.6. The fourth-order valence-electron chi connectivity index (χ4n) is 3.13. The first kappa shape index (κ1) is 16.1. The van der Waals surface area contributed by atoms with Gasteiger partial charge in [-0.2, -0.15) is 0 Å². The molecule has 2 rings (SSSR count). The van der Waals surface area contributed by atoms with Crippen molar-refractivity contribution in [2.24, 2.45) is 11.8 Å². The third-order valence-electron chi connectivity index (χ3n) is 4.33. The van der Waals surface area contributed by atoms with E-state index in [9.17, 15) is 4.79 Å². The maximum atomic E-state index is 12.4. The van der Waals surface area contributed by atoms with Crippen molar-refractivity contribution in [2.45, 2.75) is 45.6 Å². The zero-order valence-electron chi connectivity index (χ0n) is 12.9. The van der Waals surface area contributed by atoms with Crippen molar-refractivity contribution < 1.29 is 4.79 Å². The lowest BCUT2D eigenvalue weighted by atomic mass is 9.78. The molecule has 21 heavy (non-hydrogen) atoms. The number of hydrogen-bond donors (Lipinski definition) is 2. The molecule has 2 atom stereocenters. The molecule has 4 nitrogen and oxygen atoms in total. The summed E-state index contributed by atoms with van der Waals surface area (Å²) in [5.74, 6) is 1.65. The van der Waals surface area contributed by atoms with E-state index < -0.39 is 0 Å². The second kappa shape index (κ2) is 7.12. The first-order valence-corrected chi connectivity index (χ1v) is 8.05. The first-order chi connectivity index (χ1) is 10.0. The minimum atomic E-state index is -0.0791. The van der Waals surface area contributed by atoms with E-state index in [1.807, 2.05) is 0 Å². The van der Waals surface area contributed by atoms with Crippen LogP contribution in [-0.2, 0) is 0 Å². The van der Waals surface area contributed by atoms with Gasteiger partial charge in [0, 0.05) is 19.3 Å². The third-order valence-corrected chi connectivity index (χ3v) is 4.62. The number of halogens is 1. The molecule has 1 aliphatic rings. The summed E-state index contributed by atoms with van der Waals surface area (Å²) in [6.45, 7) is 4.46. The van der Waals surface area contributed by atoms with Crippen molar-refractivity contribution in [3.8, 4) is 0 Å². The van der Waals surface area contributed by atoms with Crippen LogP contribution < -0.4 is 10.6 Å². The molecule has 0 spiro atoms. The van der Waals surface area contributed by atoms with Crippen LogP contribution in [0.15, 0.2) is 12.3 Å². The van der Waals surface area contributed by atoms with Crippen molar-refractivity contribution in [1.29, 1.82) is 0 Å². The highest BCUT2D eigenvalue weighted by Gasteiger charge is 2.29. The average Bonchev–Trinajstić information content (AvgIpc) is 2.47. The summed E-state index contributed by atoms with van der Waals surface area (Å²) in [6, 6.07) is 1.93. The normalized spacial score (nSPS) is 22.1. The number of aromatic nitrogens is 1. The molecule has 1 aromatic rings. The number of hydrogen-bond acceptors (Lipinski definition) is 3. The van der Waals surface area contributed by atoms with Crippen LogP contribution in [0.1, 0.15) is 49.9 Å². The van der Waals surface area contributed by atoms with Gasteiger partial charge in [0.15, 0.2) is 0 Å². The molecule has 0 aromatic carbocycles. The number of nitrogens with one attached hydrogen (secondary N) is 2. The van der Waals surface area contributed by atoms with Crippen LogP contribution in [0.5, 0.6) is 0 Å². The van der Waals surface area contributed by atoms with E-state index in [0.717, 1.165) is 6.42 Å². The Kier molecular flexibility index (Phi) is 5.45. The molecule has 116 valence electrons. The quantitative estimate of drug-likeness (QED) is 0.891. The van der Waals surface area contributed by atoms with Gasteiger partial charge in [-0.3, -0.25) is 4.79 Å². The first-order valence-electron chi connectivity index (χ1n) is 7.67. The number of rotatable bonds is 4. The summed E-state index contributed by atoms with van der Waals surface area (Å²) in [6.07, 6.45) is 6.27. The van der Waals surface area contributed by atoms with Gasteiger partial charge in [-0.05, 0) is 30.7 Å². The number of nitrogens with zero attached hydrogens (tertiary/aromatic N) is 1. The molecule has 1 amide bonds. The Bertz CT molecular complexity index is 504. The van der Waals surface area contributed by atoms with E-state index in [1.54, 1.807) is 19.3 Å². The molecule has 1 fully saturated rings. The standard InChI is InChI=1S/C16H24ClN3O/c1-10(2)12-6-4-5-7-14(12)20-16(21)11-8-13(17)15(18-3)19-9-11/h8-10,12,14H,4-7H2,1-3H3,(H,18,19)(H,20,21). The monoisotopic (exact) mass is 309 g/mol. The molecule has 1 heterocycles. The maximum absolute atomic E-state index is 12.4. The fraction of sp³-hybridized carbons (Fsp3) is 0.625. The van der Waals surface area contributed by atoms with Crippen LogP contribution >= 0.6 is 11.6 Å². The van der Waals surface area contributed by atoms with Crippen molar-refractivity contribution in [2.75, 3.05) is 12.4 Å². The van der Waals surface area contributed by atoms with Gasteiger partial charge in [-0.15, -0.1) is 0 Å². The van der Waals surface area contributed by atoms with Crippen molar-refractivity contribution >= 4 is 23.3 Å². The molecular formula is C16H24ClN3O. The summed E-state index contributed by atoms with van der Waals surface area (Å²) < 4.78 is 0. The summed E-state index contributed by atoms with van der Waals surface area (Å²) in [5.41, 5.74) is 0.520. The van der Waals surface area contributed by atoms with Crippen LogP contribution in [0.3, 0.4) is 0 Å². The number of carbonyl (C=O) groups excluding carboxylic acids is 1. The molecule has 2 N–H and O–H groups in total. The molecule has 1 saturated carbocycles. The van der Waals surface area contributed by atoms with Gasteiger partial charge < -0.3 is 10.6 Å². The minimum Gasteiger partial charge on any atom is -0.372 e. The Morgan fingerprint density at radius 2 is 2.10 bits per heavy atom. The smallest absolute Gasteiger partial charge is 0.253 e. The highest BCUT2D eigenvalue weighted by molar-refractivity contribution is 6.33. The van der Waals surface area contributed by atoms with E-state index in [0.29, 0.717) is 28.2 Å². The number of carbonyl (C=O) groups is 1. The molecule has 0 radical (unpaired) electrons. The van der Waals surface area contributed by atoms with E-state index in [-0.39, 0.29) is 11.9 Å². The summed E-state index contributed by atoms with van der Waals surface area (Å²) in [5, 5.41) is 6.53. The lowest BCUT2D eigenvalue weighted by Gasteiger charge is -2.34. The van der Waals surface area contributed by atoms with E-state index in [4.69, 9.17) is 11.6 Å².